The Morgan fingerprint density at radius 2 is 1.53 bits per heavy atom. The third kappa shape index (κ3) is 5.23. The molecule has 0 bridgehead atoms. The summed E-state index contributed by atoms with van der Waals surface area (Å²) in [7, 11) is 1.96. The third-order valence-electron chi connectivity index (χ3n) is 6.58. The fourth-order valence-electron chi connectivity index (χ4n) is 4.93. The lowest BCUT2D eigenvalue weighted by molar-refractivity contribution is -0.217. The molecule has 0 saturated carbocycles. The van der Waals surface area contributed by atoms with Gasteiger partial charge in [-0.2, -0.15) is 26.3 Å². The quantitative estimate of drug-likeness (QED) is 0.472. The van der Waals surface area contributed by atoms with Gasteiger partial charge in [0.1, 0.15) is 5.82 Å². The molecule has 2 aliphatic rings. The summed E-state index contributed by atoms with van der Waals surface area (Å²) in [4.78, 5) is 2.13. The molecule has 0 aliphatic carbocycles. The molecular formula is C24H24F7NO2. The first-order valence-corrected chi connectivity index (χ1v) is 10.8. The molecule has 2 fully saturated rings. The molecule has 0 aromatic heterocycles. The van der Waals surface area contributed by atoms with Gasteiger partial charge in [0.25, 0.3) is 0 Å². The molecule has 0 amide bonds. The Balaban J connectivity index is 1.65. The first-order valence-electron chi connectivity index (χ1n) is 10.8. The van der Waals surface area contributed by atoms with E-state index in [9.17, 15) is 30.7 Å². The summed E-state index contributed by atoms with van der Waals surface area (Å²) in [6.45, 7) is 3.24. The normalized spacial score (nSPS) is 27.0. The molecule has 34 heavy (non-hydrogen) atoms. The highest BCUT2D eigenvalue weighted by molar-refractivity contribution is 5.35. The molecule has 10 heteroatoms. The van der Waals surface area contributed by atoms with Gasteiger partial charge in [-0.05, 0) is 67.3 Å². The van der Waals surface area contributed by atoms with Gasteiger partial charge < -0.3 is 14.4 Å². The SMILES string of the molecule is C[C@@H](O[C@H]1OC[C@@H]2CN(C)C[C@H]2[C@@H]1c1ccc(F)cc1)c1cc(C(F)(F)F)cc(C(F)(F)F)c1. The van der Waals surface area contributed by atoms with Crippen molar-refractivity contribution in [2.45, 2.75) is 37.6 Å². The standard InChI is InChI=1S/C24H24F7NO2/c1-13(15-7-17(23(26,27)28)9-18(8-15)24(29,30)31)34-22-21(14-3-5-19(25)6-4-14)20-11-32(2)10-16(20)12-33-22/h3-9,13,16,20-22H,10-12H2,1-2H3/t13-,16+,20-,21+,22-/m1/s1. The van der Waals surface area contributed by atoms with Crippen molar-refractivity contribution in [2.75, 3.05) is 26.7 Å². The van der Waals surface area contributed by atoms with Crippen molar-refractivity contribution in [3.8, 4) is 0 Å². The summed E-state index contributed by atoms with van der Waals surface area (Å²) in [6.07, 6.45) is -11.9. The summed E-state index contributed by atoms with van der Waals surface area (Å²) >= 11 is 0. The minimum atomic E-state index is -4.95. The van der Waals surface area contributed by atoms with Crippen molar-refractivity contribution in [1.82, 2.24) is 4.90 Å². The second-order valence-corrected chi connectivity index (χ2v) is 9.04. The van der Waals surface area contributed by atoms with E-state index in [2.05, 4.69) is 4.90 Å². The first kappa shape index (κ1) is 24.9. The number of nitrogens with zero attached hydrogens (tertiary/aromatic N) is 1. The highest BCUT2D eigenvalue weighted by Gasteiger charge is 2.46. The molecule has 2 aromatic carbocycles. The van der Waals surface area contributed by atoms with Crippen molar-refractivity contribution in [3.05, 3.63) is 70.5 Å². The molecule has 0 radical (unpaired) electrons. The number of halogens is 7. The van der Waals surface area contributed by atoms with Crippen LogP contribution in [-0.2, 0) is 21.8 Å². The molecule has 0 unspecified atom stereocenters. The zero-order valence-electron chi connectivity index (χ0n) is 18.5. The van der Waals surface area contributed by atoms with Crippen molar-refractivity contribution < 1.29 is 40.2 Å². The Bertz CT molecular complexity index is 974. The average molecular weight is 491 g/mol. The number of ether oxygens (including phenoxy) is 2. The van der Waals surface area contributed by atoms with E-state index in [-0.39, 0.29) is 29.4 Å². The number of rotatable bonds is 4. The van der Waals surface area contributed by atoms with E-state index < -0.39 is 41.7 Å². The van der Waals surface area contributed by atoms with Crippen LogP contribution in [0.25, 0.3) is 0 Å². The molecule has 186 valence electrons. The van der Waals surface area contributed by atoms with Crippen LogP contribution in [0.5, 0.6) is 0 Å². The van der Waals surface area contributed by atoms with Crippen LogP contribution in [-0.4, -0.2) is 37.9 Å². The van der Waals surface area contributed by atoms with Crippen LogP contribution in [0, 0.1) is 17.7 Å². The number of hydrogen-bond donors (Lipinski definition) is 0. The van der Waals surface area contributed by atoms with Gasteiger partial charge in [-0.3, -0.25) is 0 Å². The molecule has 2 aromatic rings. The van der Waals surface area contributed by atoms with Crippen molar-refractivity contribution in [1.29, 1.82) is 0 Å². The van der Waals surface area contributed by atoms with E-state index >= 15 is 0 Å². The predicted molar refractivity (Wildman–Crippen MR) is 109 cm³/mol. The smallest absolute Gasteiger partial charge is 0.352 e. The zero-order chi connectivity index (χ0) is 24.8. The van der Waals surface area contributed by atoms with Gasteiger partial charge in [0.15, 0.2) is 6.29 Å². The van der Waals surface area contributed by atoms with Crippen LogP contribution >= 0.6 is 0 Å². The average Bonchev–Trinajstić information content (AvgIpc) is 3.13. The first-order chi connectivity index (χ1) is 15.8. The molecule has 0 N–H and O–H groups in total. The maximum atomic E-state index is 13.5. The number of fused-ring (bicyclic) bond motifs is 1. The highest BCUT2D eigenvalue weighted by Crippen LogP contribution is 2.45. The number of alkyl halides is 6. The number of hydrogen-bond acceptors (Lipinski definition) is 3. The summed E-state index contributed by atoms with van der Waals surface area (Å²) in [5, 5.41) is 0. The summed E-state index contributed by atoms with van der Waals surface area (Å²) in [5.74, 6) is -0.524. The maximum absolute atomic E-state index is 13.5. The Morgan fingerprint density at radius 3 is 2.09 bits per heavy atom. The largest absolute Gasteiger partial charge is 0.416 e. The van der Waals surface area contributed by atoms with Crippen molar-refractivity contribution >= 4 is 0 Å². The topological polar surface area (TPSA) is 21.7 Å². The molecule has 0 spiro atoms. The summed E-state index contributed by atoms with van der Waals surface area (Å²) in [6, 6.07) is 7.26. The predicted octanol–water partition coefficient (Wildman–Crippen LogP) is 6.26. The van der Waals surface area contributed by atoms with Gasteiger partial charge in [0.05, 0.1) is 23.8 Å². The van der Waals surface area contributed by atoms with Gasteiger partial charge in [0, 0.05) is 19.0 Å². The fraction of sp³-hybridized carbons (Fsp3) is 0.500. The molecule has 2 heterocycles. The van der Waals surface area contributed by atoms with Gasteiger partial charge in [0.2, 0.25) is 0 Å². The third-order valence-corrected chi connectivity index (χ3v) is 6.58. The lowest BCUT2D eigenvalue weighted by Crippen LogP contribution is -2.42. The highest BCUT2D eigenvalue weighted by atomic mass is 19.4. The van der Waals surface area contributed by atoms with Crippen LogP contribution < -0.4 is 0 Å². The van der Waals surface area contributed by atoms with E-state index in [0.717, 1.165) is 12.1 Å². The molecule has 4 rings (SSSR count). The molecule has 2 saturated heterocycles. The van der Waals surface area contributed by atoms with Gasteiger partial charge >= 0.3 is 12.4 Å². The molecule has 3 nitrogen and oxygen atoms in total. The van der Waals surface area contributed by atoms with Gasteiger partial charge in [-0.1, -0.05) is 12.1 Å². The van der Waals surface area contributed by atoms with Crippen molar-refractivity contribution in [3.63, 3.8) is 0 Å². The Kier molecular flexibility index (Phi) is 6.69. The second kappa shape index (κ2) is 9.13. The zero-order valence-corrected chi connectivity index (χ0v) is 18.5. The molecule has 2 aliphatic heterocycles. The van der Waals surface area contributed by atoms with Crippen LogP contribution in [0.1, 0.15) is 41.2 Å². The molecule has 5 atom stereocenters. The summed E-state index contributed by atoms with van der Waals surface area (Å²) < 4.78 is 105. The molecular weight excluding hydrogens is 467 g/mol. The monoisotopic (exact) mass is 491 g/mol. The Morgan fingerprint density at radius 1 is 0.941 bits per heavy atom. The Labute approximate surface area is 192 Å². The lowest BCUT2D eigenvalue weighted by atomic mass is 9.77. The number of likely N-dealkylation sites (tertiary alicyclic amines) is 1. The van der Waals surface area contributed by atoms with E-state index in [4.69, 9.17) is 9.47 Å². The van der Waals surface area contributed by atoms with E-state index in [1.165, 1.54) is 19.1 Å². The number of benzene rings is 2. The van der Waals surface area contributed by atoms with Crippen LogP contribution in [0.15, 0.2) is 42.5 Å². The van der Waals surface area contributed by atoms with Crippen LogP contribution in [0.2, 0.25) is 0 Å². The lowest BCUT2D eigenvalue weighted by Gasteiger charge is -2.40. The maximum Gasteiger partial charge on any atom is 0.416 e. The van der Waals surface area contributed by atoms with Crippen LogP contribution in [0.3, 0.4) is 0 Å². The minimum absolute atomic E-state index is 0.0775. The van der Waals surface area contributed by atoms with Crippen molar-refractivity contribution in [2.24, 2.45) is 11.8 Å². The second-order valence-electron chi connectivity index (χ2n) is 9.04. The van der Waals surface area contributed by atoms with Gasteiger partial charge in [-0.25, -0.2) is 4.39 Å². The van der Waals surface area contributed by atoms with E-state index in [1.807, 2.05) is 7.05 Å². The van der Waals surface area contributed by atoms with E-state index in [0.29, 0.717) is 25.3 Å². The minimum Gasteiger partial charge on any atom is -0.352 e. The van der Waals surface area contributed by atoms with Crippen LogP contribution in [0.4, 0.5) is 30.7 Å². The summed E-state index contributed by atoms with van der Waals surface area (Å²) in [5.41, 5.74) is -2.31. The Hall–Kier alpha value is -2.17. The van der Waals surface area contributed by atoms with E-state index in [1.54, 1.807) is 12.1 Å². The fourth-order valence-corrected chi connectivity index (χ4v) is 4.93. The van der Waals surface area contributed by atoms with Gasteiger partial charge in [-0.15, -0.1) is 0 Å².